The van der Waals surface area contributed by atoms with Gasteiger partial charge in [0.05, 0.1) is 17.4 Å². The average Bonchev–Trinajstić information content (AvgIpc) is 3.53. The number of carbonyl (C=O) groups is 2. The highest BCUT2D eigenvalue weighted by atomic mass is 32.1. The predicted octanol–water partition coefficient (Wildman–Crippen LogP) is 4.75. The zero-order valence-electron chi connectivity index (χ0n) is 17.5. The van der Waals surface area contributed by atoms with E-state index in [1.54, 1.807) is 40.9 Å². The Morgan fingerprint density at radius 2 is 1.88 bits per heavy atom. The van der Waals surface area contributed by atoms with Crippen LogP contribution < -0.4 is 4.90 Å². The van der Waals surface area contributed by atoms with Gasteiger partial charge in [-0.25, -0.2) is 9.69 Å². The van der Waals surface area contributed by atoms with Gasteiger partial charge in [0, 0.05) is 35.4 Å². The van der Waals surface area contributed by atoms with Crippen LogP contribution in [0.2, 0.25) is 0 Å². The number of anilines is 1. The van der Waals surface area contributed by atoms with Crippen molar-refractivity contribution >= 4 is 50.0 Å². The van der Waals surface area contributed by atoms with Crippen molar-refractivity contribution in [2.45, 2.75) is 19.0 Å². The van der Waals surface area contributed by atoms with Crippen LogP contribution in [0.5, 0.6) is 0 Å². The third-order valence-electron chi connectivity index (χ3n) is 6.08. The van der Waals surface area contributed by atoms with Crippen molar-refractivity contribution in [1.82, 2.24) is 20.1 Å². The summed E-state index contributed by atoms with van der Waals surface area (Å²) in [6.07, 6.45) is 5.55. The summed E-state index contributed by atoms with van der Waals surface area (Å²) in [4.78, 5) is 34.3. The van der Waals surface area contributed by atoms with E-state index in [9.17, 15) is 9.59 Å². The van der Waals surface area contributed by atoms with Gasteiger partial charge in [-0.3, -0.25) is 14.9 Å². The normalized spacial score (nSPS) is 16.4. The molecule has 1 saturated heterocycles. The van der Waals surface area contributed by atoms with Crippen LogP contribution >= 0.6 is 11.3 Å². The molecular weight excluding hydrogens is 434 g/mol. The molecular formula is C25H19N5O2S. The van der Waals surface area contributed by atoms with Crippen LogP contribution in [0, 0.1) is 0 Å². The summed E-state index contributed by atoms with van der Waals surface area (Å²) >= 11 is 1.66. The number of benzene rings is 2. The molecule has 3 aromatic heterocycles. The Hall–Kier alpha value is -4.04. The number of hydrogen-bond donors (Lipinski definition) is 1. The number of aromatic nitrogens is 3. The summed E-state index contributed by atoms with van der Waals surface area (Å²) in [5.74, 6) is -0.216. The Kier molecular flexibility index (Phi) is 4.66. The van der Waals surface area contributed by atoms with E-state index in [1.165, 1.54) is 9.60 Å². The molecule has 8 heteroatoms. The van der Waals surface area contributed by atoms with Crippen molar-refractivity contribution in [2.75, 3.05) is 4.90 Å². The van der Waals surface area contributed by atoms with Gasteiger partial charge in [-0.2, -0.15) is 5.10 Å². The van der Waals surface area contributed by atoms with Crippen LogP contribution in [0.15, 0.2) is 78.6 Å². The molecule has 162 valence electrons. The molecule has 0 radical (unpaired) electrons. The van der Waals surface area contributed by atoms with E-state index in [1.807, 2.05) is 36.4 Å². The van der Waals surface area contributed by atoms with Gasteiger partial charge in [-0.15, -0.1) is 11.3 Å². The highest BCUT2D eigenvalue weighted by Gasteiger charge is 2.46. The summed E-state index contributed by atoms with van der Waals surface area (Å²) in [7, 11) is 0. The minimum absolute atomic E-state index is 0.216. The van der Waals surface area contributed by atoms with Gasteiger partial charge in [-0.1, -0.05) is 18.2 Å². The monoisotopic (exact) mass is 453 g/mol. The molecule has 1 N–H and O–H groups in total. The quantitative estimate of drug-likeness (QED) is 0.389. The highest BCUT2D eigenvalue weighted by Crippen LogP contribution is 2.33. The summed E-state index contributed by atoms with van der Waals surface area (Å²) < 4.78 is 1.17. The Balaban J connectivity index is 1.40. The van der Waals surface area contributed by atoms with Gasteiger partial charge in [0.1, 0.15) is 6.04 Å². The number of urea groups is 1. The van der Waals surface area contributed by atoms with Crippen molar-refractivity contribution in [3.05, 3.63) is 89.7 Å². The molecule has 6 rings (SSSR count). The molecule has 5 aromatic rings. The fraction of sp³-hybridized carbons (Fsp3) is 0.120. The van der Waals surface area contributed by atoms with Gasteiger partial charge in [0.25, 0.3) is 5.91 Å². The number of imide groups is 1. The summed E-state index contributed by atoms with van der Waals surface area (Å²) in [6, 6.07) is 16.4. The van der Waals surface area contributed by atoms with Crippen molar-refractivity contribution < 1.29 is 9.59 Å². The second-order valence-corrected chi connectivity index (χ2v) is 8.97. The lowest BCUT2D eigenvalue weighted by atomic mass is 10.0. The van der Waals surface area contributed by atoms with Crippen LogP contribution in [0.3, 0.4) is 0 Å². The Labute approximate surface area is 193 Å². The molecule has 4 heterocycles. The van der Waals surface area contributed by atoms with Gasteiger partial charge >= 0.3 is 6.03 Å². The molecule has 1 fully saturated rings. The minimum Gasteiger partial charge on any atom is -0.307 e. The SMILES string of the molecule is O=C1C(Cc2csc3ccccc23)N(Cc2ccncc2)C(=O)N1c1ccc2[nH]ncc2c1. The largest absolute Gasteiger partial charge is 0.332 e. The molecule has 0 spiro atoms. The number of rotatable bonds is 5. The fourth-order valence-corrected chi connectivity index (χ4v) is 5.38. The Morgan fingerprint density at radius 3 is 2.76 bits per heavy atom. The Morgan fingerprint density at radius 1 is 1.03 bits per heavy atom. The van der Waals surface area contributed by atoms with E-state index in [0.29, 0.717) is 18.7 Å². The van der Waals surface area contributed by atoms with Crippen LogP contribution in [-0.4, -0.2) is 38.1 Å². The standard InChI is InChI=1S/C25H19N5O2S/c31-24-22(12-18-15-33-23-4-2-1-3-20(18)23)29(14-16-7-9-26-10-8-16)25(32)30(24)19-5-6-21-17(11-19)13-27-28-21/h1-11,13,15,22H,12,14H2,(H,27,28). The van der Waals surface area contributed by atoms with Gasteiger partial charge in [-0.05, 0) is 58.3 Å². The zero-order chi connectivity index (χ0) is 22.4. The van der Waals surface area contributed by atoms with Crippen molar-refractivity contribution in [3.8, 4) is 0 Å². The second-order valence-electron chi connectivity index (χ2n) is 8.06. The highest BCUT2D eigenvalue weighted by molar-refractivity contribution is 7.17. The summed E-state index contributed by atoms with van der Waals surface area (Å²) in [6.45, 7) is 0.338. The first-order chi connectivity index (χ1) is 16.2. The maximum absolute atomic E-state index is 13.7. The number of hydrogen-bond acceptors (Lipinski definition) is 5. The number of fused-ring (bicyclic) bond motifs is 2. The molecule has 1 atom stereocenters. The number of H-pyrrole nitrogens is 1. The van der Waals surface area contributed by atoms with E-state index in [4.69, 9.17) is 0 Å². The molecule has 0 bridgehead atoms. The number of thiophene rings is 1. The third kappa shape index (κ3) is 3.35. The fourth-order valence-electron chi connectivity index (χ4n) is 4.40. The first-order valence-electron chi connectivity index (χ1n) is 10.6. The molecule has 0 aliphatic carbocycles. The molecule has 2 aromatic carbocycles. The van der Waals surface area contributed by atoms with E-state index >= 15 is 0 Å². The molecule has 1 aliphatic heterocycles. The zero-order valence-corrected chi connectivity index (χ0v) is 18.3. The smallest absolute Gasteiger partial charge is 0.307 e. The molecule has 1 unspecified atom stereocenters. The first kappa shape index (κ1) is 19.6. The number of aromatic amines is 1. The first-order valence-corrected chi connectivity index (χ1v) is 11.5. The number of pyridine rings is 1. The molecule has 1 aliphatic rings. The lowest BCUT2D eigenvalue weighted by Gasteiger charge is -2.22. The number of nitrogens with one attached hydrogen (secondary N) is 1. The second kappa shape index (κ2) is 7.83. The van der Waals surface area contributed by atoms with E-state index < -0.39 is 6.04 Å². The maximum atomic E-state index is 13.7. The van der Waals surface area contributed by atoms with Crippen LogP contribution in [0.1, 0.15) is 11.1 Å². The third-order valence-corrected chi connectivity index (χ3v) is 7.09. The topological polar surface area (TPSA) is 82.2 Å². The van der Waals surface area contributed by atoms with Gasteiger partial charge < -0.3 is 4.90 Å². The van der Waals surface area contributed by atoms with E-state index in [2.05, 4.69) is 32.7 Å². The number of carbonyl (C=O) groups excluding carboxylic acids is 2. The van der Waals surface area contributed by atoms with Gasteiger partial charge in [0.2, 0.25) is 0 Å². The van der Waals surface area contributed by atoms with Crippen molar-refractivity contribution in [1.29, 1.82) is 0 Å². The average molecular weight is 454 g/mol. The number of nitrogens with zero attached hydrogens (tertiary/aromatic N) is 4. The maximum Gasteiger partial charge on any atom is 0.332 e. The summed E-state index contributed by atoms with van der Waals surface area (Å²) in [5.41, 5.74) is 3.41. The van der Waals surface area contributed by atoms with Crippen molar-refractivity contribution in [3.63, 3.8) is 0 Å². The predicted molar refractivity (Wildman–Crippen MR) is 128 cm³/mol. The molecule has 0 saturated carbocycles. The van der Waals surface area contributed by atoms with Crippen LogP contribution in [0.25, 0.3) is 21.0 Å². The molecule has 3 amide bonds. The molecule has 7 nitrogen and oxygen atoms in total. The van der Waals surface area contributed by atoms with Crippen LogP contribution in [-0.2, 0) is 17.8 Å². The lowest BCUT2D eigenvalue weighted by Crippen LogP contribution is -2.36. The van der Waals surface area contributed by atoms with E-state index in [0.717, 1.165) is 27.4 Å². The molecule has 33 heavy (non-hydrogen) atoms. The Bertz CT molecular complexity index is 1490. The van der Waals surface area contributed by atoms with Crippen LogP contribution in [0.4, 0.5) is 10.5 Å². The van der Waals surface area contributed by atoms with Gasteiger partial charge in [0.15, 0.2) is 0 Å². The van der Waals surface area contributed by atoms with E-state index in [-0.39, 0.29) is 11.9 Å². The minimum atomic E-state index is -0.594. The van der Waals surface area contributed by atoms with Crippen molar-refractivity contribution in [2.24, 2.45) is 0 Å². The summed E-state index contributed by atoms with van der Waals surface area (Å²) in [5, 5.41) is 11.0. The number of amides is 3. The lowest BCUT2D eigenvalue weighted by molar-refractivity contribution is -0.119.